The van der Waals surface area contributed by atoms with E-state index in [1.165, 1.54) is 18.6 Å². The lowest BCUT2D eigenvalue weighted by molar-refractivity contribution is 0.117. The molecule has 0 bridgehead atoms. The second-order valence-electron chi connectivity index (χ2n) is 5.32. The minimum absolute atomic E-state index is 0.00327. The molecule has 1 saturated carbocycles. The summed E-state index contributed by atoms with van der Waals surface area (Å²) in [5.41, 5.74) is 0. The molecule has 1 aromatic rings. The molecule has 0 amide bonds. The van der Waals surface area contributed by atoms with Crippen LogP contribution in [-0.4, -0.2) is 14.5 Å². The van der Waals surface area contributed by atoms with E-state index in [4.69, 9.17) is 9.88 Å². The first kappa shape index (κ1) is 15.3. The molecule has 1 aliphatic carbocycles. The summed E-state index contributed by atoms with van der Waals surface area (Å²) >= 11 is 0. The van der Waals surface area contributed by atoms with Crippen molar-refractivity contribution in [1.82, 2.24) is 0 Å². The number of hydrogen-bond acceptors (Lipinski definition) is 3. The van der Waals surface area contributed by atoms with E-state index in [2.05, 4.69) is 6.92 Å². The third-order valence-corrected chi connectivity index (χ3v) is 4.75. The van der Waals surface area contributed by atoms with Crippen molar-refractivity contribution in [3.8, 4) is 5.75 Å². The van der Waals surface area contributed by atoms with Crippen LogP contribution in [0.25, 0.3) is 0 Å². The minimum atomic E-state index is -3.88. The van der Waals surface area contributed by atoms with Gasteiger partial charge in [-0.05, 0) is 43.4 Å². The maximum absolute atomic E-state index is 13.9. The summed E-state index contributed by atoms with van der Waals surface area (Å²) < 4.78 is 41.8. The van der Waals surface area contributed by atoms with E-state index in [1.807, 2.05) is 0 Å². The van der Waals surface area contributed by atoms with Gasteiger partial charge in [0.15, 0.2) is 11.6 Å². The van der Waals surface area contributed by atoms with Gasteiger partial charge in [0.05, 0.1) is 11.0 Å². The molecule has 2 rings (SSSR count). The van der Waals surface area contributed by atoms with Crippen molar-refractivity contribution in [2.24, 2.45) is 11.1 Å². The van der Waals surface area contributed by atoms with Crippen LogP contribution in [0, 0.1) is 11.7 Å². The van der Waals surface area contributed by atoms with Crippen molar-refractivity contribution >= 4 is 10.0 Å². The van der Waals surface area contributed by atoms with Crippen LogP contribution in [0.2, 0.25) is 0 Å². The Hall–Kier alpha value is -1.14. The van der Waals surface area contributed by atoms with Crippen LogP contribution in [0.15, 0.2) is 23.1 Å². The van der Waals surface area contributed by atoms with Crippen LogP contribution in [0.3, 0.4) is 0 Å². The SMILES string of the molecule is CCC1CCCC(Oc2ccc(S(N)(=O)=O)cc2F)C1. The van der Waals surface area contributed by atoms with Crippen molar-refractivity contribution in [3.05, 3.63) is 24.0 Å². The second kappa shape index (κ2) is 6.10. The Labute approximate surface area is 119 Å². The molecule has 4 nitrogen and oxygen atoms in total. The summed E-state index contributed by atoms with van der Waals surface area (Å²) in [4.78, 5) is -0.238. The molecule has 0 aromatic heterocycles. The van der Waals surface area contributed by atoms with E-state index in [-0.39, 0.29) is 16.7 Å². The zero-order chi connectivity index (χ0) is 14.8. The number of hydrogen-bond donors (Lipinski definition) is 1. The van der Waals surface area contributed by atoms with Gasteiger partial charge in [-0.2, -0.15) is 0 Å². The van der Waals surface area contributed by atoms with Crippen LogP contribution in [0.5, 0.6) is 5.75 Å². The zero-order valence-electron chi connectivity index (χ0n) is 11.5. The quantitative estimate of drug-likeness (QED) is 0.929. The van der Waals surface area contributed by atoms with Gasteiger partial charge in [0, 0.05) is 0 Å². The monoisotopic (exact) mass is 301 g/mol. The normalized spacial score (nSPS) is 23.6. The Bertz CT molecular complexity index is 574. The molecule has 1 aromatic carbocycles. The number of primary sulfonamides is 1. The molecule has 0 saturated heterocycles. The highest BCUT2D eigenvalue weighted by Crippen LogP contribution is 2.31. The van der Waals surface area contributed by atoms with Gasteiger partial charge in [0.25, 0.3) is 0 Å². The van der Waals surface area contributed by atoms with Crippen LogP contribution in [-0.2, 0) is 10.0 Å². The fourth-order valence-corrected chi connectivity index (χ4v) is 3.18. The maximum atomic E-state index is 13.9. The number of ether oxygens (including phenoxy) is 1. The molecule has 2 N–H and O–H groups in total. The van der Waals surface area contributed by atoms with Gasteiger partial charge in [-0.1, -0.05) is 19.8 Å². The third kappa shape index (κ3) is 3.70. The minimum Gasteiger partial charge on any atom is -0.487 e. The summed E-state index contributed by atoms with van der Waals surface area (Å²) in [5, 5.41) is 4.96. The molecule has 0 heterocycles. The van der Waals surface area contributed by atoms with E-state index in [0.717, 1.165) is 31.7 Å². The van der Waals surface area contributed by atoms with Gasteiger partial charge < -0.3 is 4.74 Å². The summed E-state index contributed by atoms with van der Waals surface area (Å²) in [7, 11) is -3.88. The van der Waals surface area contributed by atoms with E-state index < -0.39 is 15.8 Å². The first-order valence-electron chi connectivity index (χ1n) is 6.89. The predicted octanol–water partition coefficient (Wildman–Crippen LogP) is 2.82. The number of nitrogens with two attached hydrogens (primary N) is 1. The number of benzene rings is 1. The van der Waals surface area contributed by atoms with Crippen molar-refractivity contribution < 1.29 is 17.5 Å². The first-order chi connectivity index (χ1) is 9.40. The average Bonchev–Trinajstić information content (AvgIpc) is 2.40. The van der Waals surface area contributed by atoms with Gasteiger partial charge in [-0.15, -0.1) is 0 Å². The van der Waals surface area contributed by atoms with Gasteiger partial charge in [-0.25, -0.2) is 17.9 Å². The smallest absolute Gasteiger partial charge is 0.238 e. The van der Waals surface area contributed by atoms with Gasteiger partial charge >= 0.3 is 0 Å². The first-order valence-corrected chi connectivity index (χ1v) is 8.43. The molecule has 0 radical (unpaired) electrons. The number of rotatable bonds is 4. The highest BCUT2D eigenvalue weighted by Gasteiger charge is 2.23. The van der Waals surface area contributed by atoms with Crippen LogP contribution < -0.4 is 9.88 Å². The molecule has 6 heteroatoms. The van der Waals surface area contributed by atoms with E-state index >= 15 is 0 Å². The molecule has 1 aliphatic rings. The standard InChI is InChI=1S/C14H20FNO3S/c1-2-10-4-3-5-11(8-10)19-14-7-6-12(9-13(14)15)20(16,17)18/h6-7,9-11H,2-5,8H2,1H3,(H2,16,17,18). The fourth-order valence-electron chi connectivity index (χ4n) is 2.65. The van der Waals surface area contributed by atoms with Gasteiger partial charge in [-0.3, -0.25) is 0 Å². The Morgan fingerprint density at radius 2 is 2.15 bits per heavy atom. The molecular formula is C14H20FNO3S. The zero-order valence-corrected chi connectivity index (χ0v) is 12.3. The van der Waals surface area contributed by atoms with E-state index in [0.29, 0.717) is 5.92 Å². The molecular weight excluding hydrogens is 281 g/mol. The molecule has 2 atom stereocenters. The Balaban J connectivity index is 2.10. The molecule has 0 aliphatic heterocycles. The third-order valence-electron chi connectivity index (χ3n) is 3.84. The van der Waals surface area contributed by atoms with Crippen LogP contribution >= 0.6 is 0 Å². The van der Waals surface area contributed by atoms with E-state index in [1.54, 1.807) is 0 Å². The predicted molar refractivity (Wildman–Crippen MR) is 74.4 cm³/mol. The second-order valence-corrected chi connectivity index (χ2v) is 6.88. The van der Waals surface area contributed by atoms with Crippen LogP contribution in [0.1, 0.15) is 39.0 Å². The topological polar surface area (TPSA) is 69.4 Å². The molecule has 0 spiro atoms. The highest BCUT2D eigenvalue weighted by molar-refractivity contribution is 7.89. The number of sulfonamides is 1. The molecule has 2 unspecified atom stereocenters. The number of halogens is 1. The lowest BCUT2D eigenvalue weighted by Gasteiger charge is -2.29. The summed E-state index contributed by atoms with van der Waals surface area (Å²) in [5.74, 6) is 0.0369. The maximum Gasteiger partial charge on any atom is 0.238 e. The lowest BCUT2D eigenvalue weighted by atomic mass is 9.85. The van der Waals surface area contributed by atoms with Crippen molar-refractivity contribution in [2.75, 3.05) is 0 Å². The largest absolute Gasteiger partial charge is 0.487 e. The molecule has 1 fully saturated rings. The van der Waals surface area contributed by atoms with Crippen molar-refractivity contribution in [2.45, 2.75) is 50.0 Å². The average molecular weight is 301 g/mol. The fraction of sp³-hybridized carbons (Fsp3) is 0.571. The Morgan fingerprint density at radius 3 is 2.75 bits per heavy atom. The highest BCUT2D eigenvalue weighted by atomic mass is 32.2. The molecule has 20 heavy (non-hydrogen) atoms. The lowest BCUT2D eigenvalue weighted by Crippen LogP contribution is -2.25. The van der Waals surface area contributed by atoms with Crippen LogP contribution in [0.4, 0.5) is 4.39 Å². The molecule has 112 valence electrons. The van der Waals surface area contributed by atoms with E-state index in [9.17, 15) is 12.8 Å². The van der Waals surface area contributed by atoms with Crippen molar-refractivity contribution in [3.63, 3.8) is 0 Å². The summed E-state index contributed by atoms with van der Waals surface area (Å²) in [6.45, 7) is 2.15. The summed E-state index contributed by atoms with van der Waals surface area (Å²) in [6.07, 6.45) is 5.22. The summed E-state index contributed by atoms with van der Waals surface area (Å²) in [6, 6.07) is 3.52. The van der Waals surface area contributed by atoms with Gasteiger partial charge in [0.2, 0.25) is 10.0 Å². The Morgan fingerprint density at radius 1 is 1.40 bits per heavy atom. The van der Waals surface area contributed by atoms with Crippen molar-refractivity contribution in [1.29, 1.82) is 0 Å². The van der Waals surface area contributed by atoms with Gasteiger partial charge in [0.1, 0.15) is 0 Å². The Kier molecular flexibility index (Phi) is 4.65.